The number of likely N-dealkylation sites (tertiary alicyclic amines) is 1. The van der Waals surface area contributed by atoms with Crippen molar-refractivity contribution in [2.45, 2.75) is 104 Å². The first-order valence-corrected chi connectivity index (χ1v) is 13.3. The van der Waals surface area contributed by atoms with Crippen LogP contribution in [0.4, 0.5) is 4.79 Å². The molecule has 11 heteroatoms. The fraction of sp³-hybridized carbons (Fsp3) is 0.800. The van der Waals surface area contributed by atoms with Crippen molar-refractivity contribution in [2.75, 3.05) is 6.54 Å². The molecule has 0 aromatic rings. The SMILES string of the molecule is C[C@H]1CCN(C(=O)[C@@H](NC(=O)OC(C)(C)C)C(C)(C)C)[C@@H]1C(=O)NC(CC1CCC1)C(=O)C(=O)NP. The molecule has 36 heavy (non-hydrogen) atoms. The third-order valence-electron chi connectivity index (χ3n) is 6.81. The van der Waals surface area contributed by atoms with Crippen LogP contribution in [-0.2, 0) is 23.9 Å². The van der Waals surface area contributed by atoms with E-state index in [2.05, 4.69) is 15.7 Å². The van der Waals surface area contributed by atoms with Crippen LogP contribution in [0.5, 0.6) is 0 Å². The van der Waals surface area contributed by atoms with Gasteiger partial charge >= 0.3 is 6.09 Å². The summed E-state index contributed by atoms with van der Waals surface area (Å²) in [6.07, 6.45) is 3.25. The average molecular weight is 527 g/mol. The molecule has 2 aliphatic rings. The van der Waals surface area contributed by atoms with Gasteiger partial charge in [-0.3, -0.25) is 19.2 Å². The summed E-state index contributed by atoms with van der Waals surface area (Å²) in [6, 6.07) is -2.70. The van der Waals surface area contributed by atoms with Gasteiger partial charge in [-0.25, -0.2) is 4.79 Å². The zero-order valence-corrected chi connectivity index (χ0v) is 23.8. The van der Waals surface area contributed by atoms with E-state index in [1.807, 2.05) is 37.1 Å². The monoisotopic (exact) mass is 526 g/mol. The third-order valence-corrected chi connectivity index (χ3v) is 7.07. The van der Waals surface area contributed by atoms with Crippen LogP contribution >= 0.6 is 9.39 Å². The molecule has 0 aromatic carbocycles. The van der Waals surface area contributed by atoms with Crippen molar-refractivity contribution in [3.8, 4) is 0 Å². The average Bonchev–Trinajstić information content (AvgIpc) is 3.11. The smallest absolute Gasteiger partial charge is 0.408 e. The number of rotatable bonds is 8. The number of alkyl carbamates (subject to hydrolysis) is 1. The van der Waals surface area contributed by atoms with Gasteiger partial charge in [-0.15, -0.1) is 0 Å². The molecule has 1 aliphatic carbocycles. The highest BCUT2D eigenvalue weighted by molar-refractivity contribution is 7.15. The van der Waals surface area contributed by atoms with Crippen LogP contribution < -0.4 is 15.7 Å². The highest BCUT2D eigenvalue weighted by atomic mass is 31.0. The quantitative estimate of drug-likeness (QED) is 0.328. The molecule has 4 amide bonds. The Balaban J connectivity index is 2.23. The third kappa shape index (κ3) is 7.89. The van der Waals surface area contributed by atoms with E-state index < -0.39 is 52.8 Å². The number of hydrogen-bond acceptors (Lipinski definition) is 6. The van der Waals surface area contributed by atoms with E-state index in [1.165, 1.54) is 4.90 Å². The Morgan fingerprint density at radius 2 is 1.61 bits per heavy atom. The molecule has 2 fully saturated rings. The molecule has 1 heterocycles. The Morgan fingerprint density at radius 1 is 1.00 bits per heavy atom. The van der Waals surface area contributed by atoms with Gasteiger partial charge in [-0.05, 0) is 60.3 Å². The zero-order chi connectivity index (χ0) is 27.4. The first-order chi connectivity index (χ1) is 16.5. The van der Waals surface area contributed by atoms with Gasteiger partial charge < -0.3 is 25.4 Å². The molecule has 1 saturated carbocycles. The second kappa shape index (κ2) is 11.9. The molecule has 0 radical (unpaired) electrons. The van der Waals surface area contributed by atoms with Gasteiger partial charge in [-0.1, -0.05) is 47.0 Å². The highest BCUT2D eigenvalue weighted by Gasteiger charge is 2.46. The van der Waals surface area contributed by atoms with Crippen molar-refractivity contribution < 1.29 is 28.7 Å². The summed E-state index contributed by atoms with van der Waals surface area (Å²) in [6.45, 7) is 12.9. The molecule has 5 atom stereocenters. The van der Waals surface area contributed by atoms with Gasteiger partial charge in [0.25, 0.3) is 5.91 Å². The van der Waals surface area contributed by atoms with Crippen LogP contribution in [0.25, 0.3) is 0 Å². The summed E-state index contributed by atoms with van der Waals surface area (Å²) in [7, 11) is 2.01. The Bertz CT molecular complexity index is 862. The molecular weight excluding hydrogens is 483 g/mol. The fourth-order valence-electron chi connectivity index (χ4n) is 4.61. The molecule has 0 spiro atoms. The Labute approximate surface area is 216 Å². The molecule has 2 unspecified atom stereocenters. The molecule has 1 aliphatic heterocycles. The topological polar surface area (TPSA) is 134 Å². The lowest BCUT2D eigenvalue weighted by Crippen LogP contribution is -2.60. The van der Waals surface area contributed by atoms with E-state index in [4.69, 9.17) is 4.74 Å². The minimum Gasteiger partial charge on any atom is -0.444 e. The summed E-state index contributed by atoms with van der Waals surface area (Å²) >= 11 is 0. The maximum atomic E-state index is 13.7. The standard InChI is InChI=1S/C25H43N4O6P/c1-14-11-12-29(22(33)19(24(2,3)4)27-23(34)35-25(5,6)7)17(14)20(31)26-16(13-15-9-8-10-15)18(30)21(32)28-36/h14-17,19H,8-13,36H2,1-7H3,(H,26,31)(H,27,34)(H,28,32)/t14-,16?,17-,19+/m0/s1. The number of nitrogens with zero attached hydrogens (tertiary/aromatic N) is 1. The van der Waals surface area contributed by atoms with Crippen LogP contribution in [0.2, 0.25) is 0 Å². The molecule has 1 saturated heterocycles. The number of carbonyl (C=O) groups excluding carboxylic acids is 5. The molecule has 3 N–H and O–H groups in total. The van der Waals surface area contributed by atoms with E-state index in [0.29, 0.717) is 19.4 Å². The van der Waals surface area contributed by atoms with Crippen molar-refractivity contribution in [3.63, 3.8) is 0 Å². The summed E-state index contributed by atoms with van der Waals surface area (Å²) in [4.78, 5) is 65.9. The van der Waals surface area contributed by atoms with Crippen LogP contribution in [0.1, 0.15) is 80.6 Å². The molecule has 0 aromatic heterocycles. The first-order valence-electron chi connectivity index (χ1n) is 12.7. The molecular formula is C25H43N4O6P. The summed E-state index contributed by atoms with van der Waals surface area (Å²) in [5.74, 6) is -2.22. The Hall–Kier alpha value is -2.22. The van der Waals surface area contributed by atoms with Crippen LogP contribution in [0, 0.1) is 17.3 Å². The van der Waals surface area contributed by atoms with Gasteiger partial charge in [0.1, 0.15) is 17.7 Å². The molecule has 10 nitrogen and oxygen atoms in total. The van der Waals surface area contributed by atoms with Crippen molar-refractivity contribution in [3.05, 3.63) is 0 Å². The van der Waals surface area contributed by atoms with Gasteiger partial charge in [0.2, 0.25) is 17.6 Å². The summed E-state index contributed by atoms with van der Waals surface area (Å²) < 4.78 is 5.36. The van der Waals surface area contributed by atoms with E-state index in [-0.39, 0.29) is 17.7 Å². The normalized spacial score (nSPS) is 22.2. The fourth-order valence-corrected chi connectivity index (χ4v) is 4.76. The lowest BCUT2D eigenvalue weighted by atomic mass is 9.80. The number of carbonyl (C=O) groups is 5. The van der Waals surface area contributed by atoms with Gasteiger partial charge in [0.05, 0.1) is 6.04 Å². The van der Waals surface area contributed by atoms with E-state index in [1.54, 1.807) is 20.8 Å². The first kappa shape index (κ1) is 30.0. The number of amides is 4. The number of ether oxygens (including phenoxy) is 1. The number of nitrogens with one attached hydrogen (secondary N) is 3. The second-order valence-corrected chi connectivity index (χ2v) is 12.4. The number of Topliss-reactive ketones (excluding diaryl/α,β-unsaturated/α-hetero) is 1. The van der Waals surface area contributed by atoms with Crippen molar-refractivity contribution in [1.29, 1.82) is 0 Å². The lowest BCUT2D eigenvalue weighted by molar-refractivity contribution is -0.144. The van der Waals surface area contributed by atoms with Gasteiger partial charge in [-0.2, -0.15) is 0 Å². The minimum absolute atomic E-state index is 0.161. The van der Waals surface area contributed by atoms with E-state index >= 15 is 0 Å². The summed E-state index contributed by atoms with van der Waals surface area (Å²) in [5.41, 5.74) is -1.38. The molecule has 2 rings (SSSR count). The number of ketones is 1. The van der Waals surface area contributed by atoms with Crippen molar-refractivity contribution in [1.82, 2.24) is 20.6 Å². The minimum atomic E-state index is -0.952. The molecule has 204 valence electrons. The predicted octanol–water partition coefficient (Wildman–Crippen LogP) is 2.31. The van der Waals surface area contributed by atoms with E-state index in [9.17, 15) is 24.0 Å². The Morgan fingerprint density at radius 3 is 2.08 bits per heavy atom. The zero-order valence-electron chi connectivity index (χ0n) is 22.6. The lowest BCUT2D eigenvalue weighted by Gasteiger charge is -2.36. The second-order valence-electron chi connectivity index (χ2n) is 12.1. The van der Waals surface area contributed by atoms with Crippen molar-refractivity contribution >= 4 is 39.0 Å². The largest absolute Gasteiger partial charge is 0.444 e. The molecule has 0 bridgehead atoms. The van der Waals surface area contributed by atoms with Crippen LogP contribution in [0.15, 0.2) is 0 Å². The summed E-state index contributed by atoms with van der Waals surface area (Å²) in [5, 5.41) is 7.73. The van der Waals surface area contributed by atoms with E-state index in [0.717, 1.165) is 19.3 Å². The highest BCUT2D eigenvalue weighted by Crippen LogP contribution is 2.32. The Kier molecular flexibility index (Phi) is 9.91. The maximum absolute atomic E-state index is 13.7. The van der Waals surface area contributed by atoms with Crippen LogP contribution in [0.3, 0.4) is 0 Å². The predicted molar refractivity (Wildman–Crippen MR) is 139 cm³/mol. The van der Waals surface area contributed by atoms with Gasteiger partial charge in [0, 0.05) is 6.54 Å². The maximum Gasteiger partial charge on any atom is 0.408 e. The van der Waals surface area contributed by atoms with Crippen molar-refractivity contribution in [2.24, 2.45) is 17.3 Å². The number of hydrogen-bond donors (Lipinski definition) is 3. The van der Waals surface area contributed by atoms with Gasteiger partial charge in [0.15, 0.2) is 0 Å². The van der Waals surface area contributed by atoms with Crippen LogP contribution in [-0.4, -0.2) is 64.8 Å².